The number of nitrogens with one attached hydrogen (secondary N) is 1. The zero-order chi connectivity index (χ0) is 28.4. The molecule has 0 amide bonds. The lowest BCUT2D eigenvalue weighted by Gasteiger charge is -2.17. The number of ketones is 1. The SMILES string of the molecule is Cc1cc(F)cc(C)c1C(=O)c1sc2cc(C(=O)O)ccc2c1Oc1ccc(N[C@H]2CCN(CCCF)C2)cc1. The average molecular weight is 565 g/mol. The molecule has 1 aliphatic rings. The topological polar surface area (TPSA) is 78.9 Å². The van der Waals surface area contributed by atoms with E-state index in [0.29, 0.717) is 49.6 Å². The second-order valence-electron chi connectivity index (χ2n) is 10.1. The number of hydrogen-bond acceptors (Lipinski definition) is 6. The van der Waals surface area contributed by atoms with Gasteiger partial charge < -0.3 is 20.1 Å². The van der Waals surface area contributed by atoms with Crippen molar-refractivity contribution in [3.63, 3.8) is 0 Å². The van der Waals surface area contributed by atoms with E-state index in [1.54, 1.807) is 19.9 Å². The first-order valence-electron chi connectivity index (χ1n) is 13.2. The Balaban J connectivity index is 1.43. The molecule has 5 rings (SSSR count). The number of halogens is 2. The smallest absolute Gasteiger partial charge is 0.335 e. The van der Waals surface area contributed by atoms with Crippen LogP contribution in [0.2, 0.25) is 0 Å². The third kappa shape index (κ3) is 5.85. The summed E-state index contributed by atoms with van der Waals surface area (Å²) >= 11 is 1.16. The van der Waals surface area contributed by atoms with Gasteiger partial charge in [-0.15, -0.1) is 11.3 Å². The van der Waals surface area contributed by atoms with Crippen LogP contribution in [0.4, 0.5) is 14.5 Å². The van der Waals surface area contributed by atoms with Crippen molar-refractivity contribution < 1.29 is 28.2 Å². The highest BCUT2D eigenvalue weighted by atomic mass is 32.1. The molecular weight excluding hydrogens is 534 g/mol. The molecule has 0 spiro atoms. The number of aromatic carboxylic acids is 1. The van der Waals surface area contributed by atoms with Crippen LogP contribution in [0, 0.1) is 19.7 Å². The van der Waals surface area contributed by atoms with E-state index in [1.807, 2.05) is 24.3 Å². The number of alkyl halides is 1. The summed E-state index contributed by atoms with van der Waals surface area (Å²) in [4.78, 5) is 27.9. The van der Waals surface area contributed by atoms with Gasteiger partial charge in [0, 0.05) is 47.0 Å². The minimum Gasteiger partial charge on any atom is -0.478 e. The van der Waals surface area contributed by atoms with Crippen molar-refractivity contribution in [2.24, 2.45) is 0 Å². The van der Waals surface area contributed by atoms with Crippen LogP contribution in [-0.4, -0.2) is 54.1 Å². The van der Waals surface area contributed by atoms with Gasteiger partial charge in [0.05, 0.1) is 12.2 Å². The number of thiophene rings is 1. The van der Waals surface area contributed by atoms with Crippen LogP contribution >= 0.6 is 11.3 Å². The van der Waals surface area contributed by atoms with Crippen molar-refractivity contribution in [3.05, 3.63) is 87.5 Å². The van der Waals surface area contributed by atoms with E-state index >= 15 is 0 Å². The lowest BCUT2D eigenvalue weighted by atomic mass is 9.97. The Morgan fingerprint density at radius 3 is 2.50 bits per heavy atom. The Morgan fingerprint density at radius 2 is 1.82 bits per heavy atom. The second kappa shape index (κ2) is 11.7. The van der Waals surface area contributed by atoms with Crippen molar-refractivity contribution in [2.75, 3.05) is 31.6 Å². The summed E-state index contributed by atoms with van der Waals surface area (Å²) in [6, 6.07) is 15.0. The lowest BCUT2D eigenvalue weighted by Crippen LogP contribution is -2.27. The maximum Gasteiger partial charge on any atom is 0.335 e. The number of carbonyl (C=O) groups is 2. The van der Waals surface area contributed by atoms with Crippen LogP contribution < -0.4 is 10.1 Å². The van der Waals surface area contributed by atoms with Gasteiger partial charge in [-0.25, -0.2) is 9.18 Å². The zero-order valence-electron chi connectivity index (χ0n) is 22.3. The number of nitrogens with zero attached hydrogens (tertiary/aromatic N) is 1. The fourth-order valence-corrected chi connectivity index (χ4v) is 6.36. The lowest BCUT2D eigenvalue weighted by molar-refractivity contribution is 0.0697. The predicted octanol–water partition coefficient (Wildman–Crippen LogP) is 7.22. The van der Waals surface area contributed by atoms with Crippen molar-refractivity contribution >= 4 is 38.9 Å². The molecule has 1 fully saturated rings. The zero-order valence-corrected chi connectivity index (χ0v) is 23.1. The molecule has 1 saturated heterocycles. The maximum absolute atomic E-state index is 13.9. The van der Waals surface area contributed by atoms with E-state index in [-0.39, 0.29) is 24.1 Å². The highest BCUT2D eigenvalue weighted by Crippen LogP contribution is 2.42. The molecule has 6 nitrogen and oxygen atoms in total. The van der Waals surface area contributed by atoms with Gasteiger partial charge in [0.2, 0.25) is 5.78 Å². The van der Waals surface area contributed by atoms with Gasteiger partial charge in [0.25, 0.3) is 0 Å². The third-order valence-electron chi connectivity index (χ3n) is 7.15. The van der Waals surface area contributed by atoms with Gasteiger partial charge in [0.15, 0.2) is 5.75 Å². The first-order chi connectivity index (χ1) is 19.2. The summed E-state index contributed by atoms with van der Waals surface area (Å²) in [5.41, 5.74) is 2.47. The van der Waals surface area contributed by atoms with Gasteiger partial charge in [-0.1, -0.05) is 0 Å². The van der Waals surface area contributed by atoms with E-state index in [0.717, 1.165) is 43.1 Å². The van der Waals surface area contributed by atoms with Crippen molar-refractivity contribution in [2.45, 2.75) is 32.7 Å². The number of carboxylic acids is 1. The summed E-state index contributed by atoms with van der Waals surface area (Å²) < 4.78 is 33.3. The number of hydrogen-bond donors (Lipinski definition) is 2. The van der Waals surface area contributed by atoms with E-state index in [4.69, 9.17) is 4.74 Å². The quantitative estimate of drug-likeness (QED) is 0.198. The first-order valence-corrected chi connectivity index (χ1v) is 14.0. The Labute approximate surface area is 235 Å². The Morgan fingerprint density at radius 1 is 1.10 bits per heavy atom. The van der Waals surface area contributed by atoms with Crippen molar-refractivity contribution in [1.29, 1.82) is 0 Å². The van der Waals surface area contributed by atoms with Crippen LogP contribution in [0.15, 0.2) is 54.6 Å². The van der Waals surface area contributed by atoms with E-state index in [2.05, 4.69) is 10.2 Å². The molecule has 0 radical (unpaired) electrons. The second-order valence-corrected chi connectivity index (χ2v) is 11.2. The molecule has 0 unspecified atom stereocenters. The molecule has 40 heavy (non-hydrogen) atoms. The van der Waals surface area contributed by atoms with Gasteiger partial charge in [-0.3, -0.25) is 9.18 Å². The number of fused-ring (bicyclic) bond motifs is 1. The fourth-order valence-electron chi connectivity index (χ4n) is 5.25. The average Bonchev–Trinajstić information content (AvgIpc) is 3.51. The van der Waals surface area contributed by atoms with Crippen molar-refractivity contribution in [1.82, 2.24) is 4.90 Å². The van der Waals surface area contributed by atoms with E-state index in [9.17, 15) is 23.5 Å². The van der Waals surface area contributed by atoms with Crippen molar-refractivity contribution in [3.8, 4) is 11.5 Å². The highest BCUT2D eigenvalue weighted by Gasteiger charge is 2.26. The molecule has 0 aliphatic carbocycles. The minimum absolute atomic E-state index is 0.110. The van der Waals surface area contributed by atoms with E-state index in [1.165, 1.54) is 24.3 Å². The summed E-state index contributed by atoms with van der Waals surface area (Å²) in [7, 11) is 0. The molecule has 0 saturated carbocycles. The minimum atomic E-state index is -1.06. The predicted molar refractivity (Wildman–Crippen MR) is 154 cm³/mol. The van der Waals surface area contributed by atoms with Gasteiger partial charge >= 0.3 is 5.97 Å². The molecule has 4 aromatic rings. The Kier molecular flexibility index (Phi) is 8.14. The molecular formula is C31H30F2N2O4S. The molecule has 3 aromatic carbocycles. The molecule has 1 aromatic heterocycles. The third-order valence-corrected chi connectivity index (χ3v) is 8.28. The van der Waals surface area contributed by atoms with Gasteiger partial charge in [-0.2, -0.15) is 0 Å². The molecule has 208 valence electrons. The molecule has 0 bridgehead atoms. The summed E-state index contributed by atoms with van der Waals surface area (Å²) in [5, 5.41) is 13.6. The summed E-state index contributed by atoms with van der Waals surface area (Å²) in [6.07, 6.45) is 1.54. The normalized spacial score (nSPS) is 15.4. The van der Waals surface area contributed by atoms with Crippen LogP contribution in [0.3, 0.4) is 0 Å². The number of benzene rings is 3. The number of aryl methyl sites for hydroxylation is 2. The van der Waals surface area contributed by atoms with E-state index < -0.39 is 11.8 Å². The first kappa shape index (κ1) is 27.7. The summed E-state index contributed by atoms with van der Waals surface area (Å²) in [6.45, 7) is 5.66. The molecule has 1 aliphatic heterocycles. The standard InChI is InChI=1S/C31H30F2N2O4S/c1-18-14-21(33)15-19(2)27(18)28(36)30-29(25-9-4-20(31(37)38)16-26(25)40-30)39-24-7-5-22(6-8-24)34-23-10-13-35(17-23)12-3-11-32/h4-9,14-16,23,34H,3,10-13,17H2,1-2H3,(H,37,38)/t23-/m0/s1. The van der Waals surface area contributed by atoms with Crippen LogP contribution in [-0.2, 0) is 0 Å². The fraction of sp³-hybridized carbons (Fsp3) is 0.290. The molecule has 2 N–H and O–H groups in total. The Bertz CT molecular complexity index is 1540. The van der Waals surface area contributed by atoms with Gasteiger partial charge in [-0.05, 0) is 92.4 Å². The number of rotatable bonds is 10. The molecule has 1 atom stereocenters. The molecule has 2 heterocycles. The monoisotopic (exact) mass is 564 g/mol. The number of ether oxygens (including phenoxy) is 1. The highest BCUT2D eigenvalue weighted by molar-refractivity contribution is 7.21. The van der Waals surface area contributed by atoms with Crippen LogP contribution in [0.5, 0.6) is 11.5 Å². The van der Waals surface area contributed by atoms with Gasteiger partial charge in [0.1, 0.15) is 16.4 Å². The van der Waals surface area contributed by atoms with Crippen LogP contribution in [0.1, 0.15) is 49.6 Å². The maximum atomic E-state index is 13.9. The number of anilines is 1. The van der Waals surface area contributed by atoms with Crippen LogP contribution in [0.25, 0.3) is 10.1 Å². The largest absolute Gasteiger partial charge is 0.478 e. The molecule has 9 heteroatoms. The number of carbonyl (C=O) groups excluding carboxylic acids is 1. The number of carboxylic acid groups (broad SMARTS) is 1. The number of likely N-dealkylation sites (tertiary alicyclic amines) is 1. The Hall–Kier alpha value is -3.82. The summed E-state index contributed by atoms with van der Waals surface area (Å²) in [5.74, 6) is -0.925.